The Morgan fingerprint density at radius 3 is 2.45 bits per heavy atom. The van der Waals surface area contributed by atoms with Crippen molar-refractivity contribution in [1.82, 2.24) is 4.90 Å². The van der Waals surface area contributed by atoms with Crippen LogP contribution >= 0.6 is 0 Å². The van der Waals surface area contributed by atoms with Crippen molar-refractivity contribution in [2.45, 2.75) is 19.4 Å². The van der Waals surface area contributed by atoms with Crippen molar-refractivity contribution in [3.05, 3.63) is 52.6 Å². The molecule has 0 saturated carbocycles. The van der Waals surface area contributed by atoms with Crippen LogP contribution in [0.25, 0.3) is 0 Å². The van der Waals surface area contributed by atoms with E-state index in [1.54, 1.807) is 42.0 Å². The Labute approximate surface area is 167 Å². The molecule has 152 valence electrons. The molecule has 2 amide bonds. The molecule has 2 aromatic rings. The van der Waals surface area contributed by atoms with Crippen molar-refractivity contribution in [1.29, 1.82) is 0 Å². The van der Waals surface area contributed by atoms with E-state index in [0.717, 1.165) is 5.69 Å². The van der Waals surface area contributed by atoms with Gasteiger partial charge in [-0.1, -0.05) is 0 Å². The van der Waals surface area contributed by atoms with Crippen LogP contribution in [0.2, 0.25) is 0 Å². The molecule has 0 bridgehead atoms. The fraction of sp³-hybridized carbons (Fsp3) is 0.381. The highest BCUT2D eigenvalue weighted by molar-refractivity contribution is 6.00. The molecule has 1 atom stereocenters. The molecule has 0 aliphatic carbocycles. The molecule has 2 saturated heterocycles. The smallest absolute Gasteiger partial charge is 0.339 e. The van der Waals surface area contributed by atoms with Crippen LogP contribution in [0.5, 0.6) is 11.5 Å². The molecule has 4 rings (SSSR count). The number of likely N-dealkylation sites (tertiary alicyclic amines) is 1. The summed E-state index contributed by atoms with van der Waals surface area (Å²) in [4.78, 5) is 39.9. The van der Waals surface area contributed by atoms with E-state index in [1.165, 1.54) is 6.07 Å². The predicted molar refractivity (Wildman–Crippen MR) is 104 cm³/mol. The standard InChI is InChI=1S/C21H22N2O6/c1-13-7-17(9-20(25)28-13)29-18-11-22(12-18)21(26)14-8-19(24)23(10-14)15-3-5-16(27-2)6-4-15/h3-7,9,14,18H,8,10-12H2,1-2H3/t14-/m1/s1. The summed E-state index contributed by atoms with van der Waals surface area (Å²) in [6.07, 6.45) is 0.0289. The number of hydrogen-bond donors (Lipinski definition) is 0. The van der Waals surface area contributed by atoms with Gasteiger partial charge >= 0.3 is 5.63 Å². The zero-order chi connectivity index (χ0) is 20.5. The zero-order valence-electron chi connectivity index (χ0n) is 16.3. The Kier molecular flexibility index (Phi) is 5.00. The van der Waals surface area contributed by atoms with E-state index in [1.807, 2.05) is 12.1 Å². The summed E-state index contributed by atoms with van der Waals surface area (Å²) < 4.78 is 15.8. The largest absolute Gasteiger partial charge is 0.497 e. The van der Waals surface area contributed by atoms with E-state index in [0.29, 0.717) is 36.9 Å². The van der Waals surface area contributed by atoms with Crippen LogP contribution in [0.3, 0.4) is 0 Å². The fourth-order valence-corrected chi connectivity index (χ4v) is 3.67. The van der Waals surface area contributed by atoms with E-state index >= 15 is 0 Å². The monoisotopic (exact) mass is 398 g/mol. The summed E-state index contributed by atoms with van der Waals surface area (Å²) in [5.41, 5.74) is 0.296. The lowest BCUT2D eigenvalue weighted by Crippen LogP contribution is -2.57. The molecule has 29 heavy (non-hydrogen) atoms. The van der Waals surface area contributed by atoms with Crippen molar-refractivity contribution < 1.29 is 23.5 Å². The zero-order valence-corrected chi connectivity index (χ0v) is 16.3. The third kappa shape index (κ3) is 3.96. The quantitative estimate of drug-likeness (QED) is 0.760. The number of rotatable bonds is 5. The van der Waals surface area contributed by atoms with Crippen molar-refractivity contribution in [2.75, 3.05) is 31.6 Å². The Balaban J connectivity index is 1.32. The molecule has 8 nitrogen and oxygen atoms in total. The van der Waals surface area contributed by atoms with Crippen LogP contribution in [0.15, 0.2) is 45.6 Å². The van der Waals surface area contributed by atoms with Gasteiger partial charge < -0.3 is 23.7 Å². The first-order chi connectivity index (χ1) is 13.9. The molecule has 0 spiro atoms. The number of methoxy groups -OCH3 is 1. The maximum atomic E-state index is 12.8. The molecule has 8 heteroatoms. The minimum absolute atomic E-state index is 0.0435. The molecule has 1 aromatic heterocycles. The highest BCUT2D eigenvalue weighted by Crippen LogP contribution is 2.29. The average Bonchev–Trinajstić information content (AvgIpc) is 3.05. The summed E-state index contributed by atoms with van der Waals surface area (Å²) in [7, 11) is 1.59. The van der Waals surface area contributed by atoms with Gasteiger partial charge in [0.25, 0.3) is 0 Å². The van der Waals surface area contributed by atoms with Crippen LogP contribution in [-0.4, -0.2) is 49.6 Å². The van der Waals surface area contributed by atoms with Crippen molar-refractivity contribution in [2.24, 2.45) is 5.92 Å². The minimum atomic E-state index is -0.463. The average molecular weight is 398 g/mol. The first kappa shape index (κ1) is 19.0. The van der Waals surface area contributed by atoms with Gasteiger partial charge in [0.05, 0.1) is 32.2 Å². The molecule has 0 unspecified atom stereocenters. The minimum Gasteiger partial charge on any atom is -0.497 e. The normalized spacial score (nSPS) is 19.2. The summed E-state index contributed by atoms with van der Waals surface area (Å²) in [5, 5.41) is 0. The highest BCUT2D eigenvalue weighted by atomic mass is 16.5. The van der Waals surface area contributed by atoms with Gasteiger partial charge in [0.1, 0.15) is 23.4 Å². The molecular formula is C21H22N2O6. The molecule has 2 fully saturated rings. The Morgan fingerprint density at radius 1 is 1.07 bits per heavy atom. The van der Waals surface area contributed by atoms with Gasteiger partial charge in [0, 0.05) is 24.7 Å². The second-order valence-electron chi connectivity index (χ2n) is 7.31. The fourth-order valence-electron chi connectivity index (χ4n) is 3.67. The number of ether oxygens (including phenoxy) is 2. The van der Waals surface area contributed by atoms with E-state index < -0.39 is 5.63 Å². The Morgan fingerprint density at radius 2 is 1.79 bits per heavy atom. The predicted octanol–water partition coefficient (Wildman–Crippen LogP) is 1.60. The van der Waals surface area contributed by atoms with Crippen LogP contribution < -0.4 is 20.0 Å². The summed E-state index contributed by atoms with van der Waals surface area (Å²) in [6.45, 7) is 2.91. The SMILES string of the molecule is COc1ccc(N2C[C@H](C(=O)N3CC(Oc4cc(C)oc(=O)c4)C3)CC2=O)cc1. The third-order valence-corrected chi connectivity index (χ3v) is 5.19. The number of amides is 2. The van der Waals surface area contributed by atoms with Crippen LogP contribution in [0.1, 0.15) is 12.2 Å². The van der Waals surface area contributed by atoms with Crippen molar-refractivity contribution in [3.8, 4) is 11.5 Å². The van der Waals surface area contributed by atoms with Crippen molar-refractivity contribution >= 4 is 17.5 Å². The Bertz CT molecular complexity index is 977. The maximum Gasteiger partial charge on any atom is 0.339 e. The number of carbonyl (C=O) groups excluding carboxylic acids is 2. The second-order valence-corrected chi connectivity index (χ2v) is 7.31. The van der Waals surface area contributed by atoms with Crippen molar-refractivity contribution in [3.63, 3.8) is 0 Å². The number of carbonyl (C=O) groups is 2. The summed E-state index contributed by atoms with van der Waals surface area (Å²) >= 11 is 0. The Hall–Kier alpha value is -3.29. The number of nitrogens with zero attached hydrogens (tertiary/aromatic N) is 2. The number of benzene rings is 1. The van der Waals surface area contributed by atoms with Gasteiger partial charge in [0.15, 0.2) is 0 Å². The summed E-state index contributed by atoms with van der Waals surface area (Å²) in [5.74, 6) is 1.16. The third-order valence-electron chi connectivity index (χ3n) is 5.19. The molecule has 0 radical (unpaired) electrons. The highest BCUT2D eigenvalue weighted by Gasteiger charge is 2.41. The molecular weight excluding hydrogens is 376 g/mol. The van der Waals surface area contributed by atoms with Crippen LogP contribution in [0, 0.1) is 12.8 Å². The molecule has 2 aliphatic heterocycles. The first-order valence-corrected chi connectivity index (χ1v) is 9.44. The van der Waals surface area contributed by atoms with Crippen LogP contribution in [-0.2, 0) is 9.59 Å². The lowest BCUT2D eigenvalue weighted by molar-refractivity contribution is -0.144. The molecule has 0 N–H and O–H groups in total. The van der Waals surface area contributed by atoms with Gasteiger partial charge in [-0.05, 0) is 31.2 Å². The number of anilines is 1. The lowest BCUT2D eigenvalue weighted by Gasteiger charge is -2.40. The van der Waals surface area contributed by atoms with E-state index in [4.69, 9.17) is 13.9 Å². The topological polar surface area (TPSA) is 89.3 Å². The number of aryl methyl sites for hydroxylation is 1. The van der Waals surface area contributed by atoms with Gasteiger partial charge in [-0.3, -0.25) is 9.59 Å². The van der Waals surface area contributed by atoms with Gasteiger partial charge in [-0.2, -0.15) is 0 Å². The molecule has 3 heterocycles. The van der Waals surface area contributed by atoms with Crippen LogP contribution in [0.4, 0.5) is 5.69 Å². The van der Waals surface area contributed by atoms with E-state index in [2.05, 4.69) is 0 Å². The first-order valence-electron chi connectivity index (χ1n) is 9.44. The van der Waals surface area contributed by atoms with E-state index in [-0.39, 0.29) is 30.3 Å². The molecule has 2 aliphatic rings. The number of hydrogen-bond acceptors (Lipinski definition) is 6. The second kappa shape index (κ2) is 7.62. The van der Waals surface area contributed by atoms with E-state index in [9.17, 15) is 14.4 Å². The molecule has 1 aromatic carbocycles. The van der Waals surface area contributed by atoms with Gasteiger partial charge in [-0.15, -0.1) is 0 Å². The lowest BCUT2D eigenvalue weighted by atomic mass is 10.0. The maximum absolute atomic E-state index is 12.8. The van der Waals surface area contributed by atoms with Gasteiger partial charge in [0.2, 0.25) is 11.8 Å². The van der Waals surface area contributed by atoms with Gasteiger partial charge in [-0.25, -0.2) is 4.79 Å². The summed E-state index contributed by atoms with van der Waals surface area (Å²) in [6, 6.07) is 10.2.